The second kappa shape index (κ2) is 10.6. The number of halogens is 1. The number of hydrogen-bond acceptors (Lipinski definition) is 8. The lowest BCUT2D eigenvalue weighted by Crippen LogP contribution is -2.16. The number of nitrogen functional groups attached to an aromatic ring is 1. The minimum absolute atomic E-state index is 0.215. The van der Waals surface area contributed by atoms with Gasteiger partial charge in [0.1, 0.15) is 5.82 Å². The Hall–Kier alpha value is -2.39. The molecule has 0 amide bonds. The standard InChI is InChI=1S/C20H27ClN8S/c1-4-5-6-7-12-29-17(14-8-10-15(21)11-9-14)26-27-20(29)30-13-16-23-18(22)25-19(24-16)28(2)3/h8-11H,4-7,12-13H2,1-3H3,(H2,22,23,24,25). The molecule has 2 heterocycles. The highest BCUT2D eigenvalue weighted by Crippen LogP contribution is 2.27. The van der Waals surface area contributed by atoms with Crippen molar-refractivity contribution in [2.75, 3.05) is 24.7 Å². The first-order chi connectivity index (χ1) is 14.5. The fourth-order valence-corrected chi connectivity index (χ4v) is 3.87. The average Bonchev–Trinajstić information content (AvgIpc) is 3.12. The van der Waals surface area contributed by atoms with E-state index in [9.17, 15) is 0 Å². The highest BCUT2D eigenvalue weighted by Gasteiger charge is 2.16. The molecule has 0 spiro atoms. The molecule has 3 aromatic rings. The number of anilines is 2. The molecule has 0 saturated heterocycles. The Labute approximate surface area is 186 Å². The molecule has 8 nitrogen and oxygen atoms in total. The van der Waals surface area contributed by atoms with Gasteiger partial charge in [0.05, 0.1) is 5.75 Å². The van der Waals surface area contributed by atoms with Gasteiger partial charge in [0, 0.05) is 31.2 Å². The monoisotopic (exact) mass is 446 g/mol. The SMILES string of the molecule is CCCCCCn1c(SCc2nc(N)nc(N(C)C)n2)nnc1-c1ccc(Cl)cc1. The number of aromatic nitrogens is 6. The second-order valence-corrected chi connectivity index (χ2v) is 8.50. The molecule has 10 heteroatoms. The van der Waals surface area contributed by atoms with Crippen molar-refractivity contribution in [2.24, 2.45) is 0 Å². The van der Waals surface area contributed by atoms with E-state index in [1.54, 1.807) is 16.7 Å². The van der Waals surface area contributed by atoms with Crippen molar-refractivity contribution in [3.05, 3.63) is 35.1 Å². The summed E-state index contributed by atoms with van der Waals surface area (Å²) in [4.78, 5) is 14.7. The summed E-state index contributed by atoms with van der Waals surface area (Å²) in [5.74, 6) is 2.74. The summed E-state index contributed by atoms with van der Waals surface area (Å²) in [6.07, 6.45) is 4.67. The van der Waals surface area contributed by atoms with Crippen molar-refractivity contribution in [3.63, 3.8) is 0 Å². The summed E-state index contributed by atoms with van der Waals surface area (Å²) < 4.78 is 2.17. The summed E-state index contributed by atoms with van der Waals surface area (Å²) in [6, 6.07) is 7.69. The molecule has 0 bridgehead atoms. The molecular weight excluding hydrogens is 420 g/mol. The zero-order valence-corrected chi connectivity index (χ0v) is 19.1. The maximum Gasteiger partial charge on any atom is 0.229 e. The Balaban J connectivity index is 1.82. The molecule has 3 rings (SSSR count). The van der Waals surface area contributed by atoms with Gasteiger partial charge in [0.2, 0.25) is 11.9 Å². The number of nitrogens with two attached hydrogens (primary N) is 1. The Morgan fingerprint density at radius 3 is 2.50 bits per heavy atom. The van der Waals surface area contributed by atoms with Gasteiger partial charge in [-0.3, -0.25) is 0 Å². The fraction of sp³-hybridized carbons (Fsp3) is 0.450. The first-order valence-electron chi connectivity index (χ1n) is 9.97. The molecule has 0 aliphatic rings. The van der Waals surface area contributed by atoms with Crippen LogP contribution in [0.5, 0.6) is 0 Å². The summed E-state index contributed by atoms with van der Waals surface area (Å²) in [5, 5.41) is 10.4. The maximum atomic E-state index is 6.05. The molecule has 2 aromatic heterocycles. The summed E-state index contributed by atoms with van der Waals surface area (Å²) in [5.41, 5.74) is 6.83. The summed E-state index contributed by atoms with van der Waals surface area (Å²) in [6.45, 7) is 3.07. The summed E-state index contributed by atoms with van der Waals surface area (Å²) in [7, 11) is 3.74. The predicted molar refractivity (Wildman–Crippen MR) is 123 cm³/mol. The molecule has 0 unspecified atom stereocenters. The number of rotatable bonds is 10. The van der Waals surface area contributed by atoms with Crippen LogP contribution in [-0.2, 0) is 12.3 Å². The normalized spacial score (nSPS) is 11.1. The van der Waals surface area contributed by atoms with E-state index < -0.39 is 0 Å². The molecule has 1 aromatic carbocycles. The van der Waals surface area contributed by atoms with E-state index in [0.29, 0.717) is 22.5 Å². The Morgan fingerprint density at radius 2 is 1.80 bits per heavy atom. The molecule has 2 N–H and O–H groups in total. The quantitative estimate of drug-likeness (QED) is 0.363. The highest BCUT2D eigenvalue weighted by molar-refractivity contribution is 7.98. The van der Waals surface area contributed by atoms with Crippen LogP contribution in [0.1, 0.15) is 38.4 Å². The molecule has 0 saturated carbocycles. The van der Waals surface area contributed by atoms with E-state index in [-0.39, 0.29) is 5.95 Å². The van der Waals surface area contributed by atoms with Crippen LogP contribution in [0.3, 0.4) is 0 Å². The van der Waals surface area contributed by atoms with Gasteiger partial charge in [0.15, 0.2) is 11.0 Å². The first-order valence-corrected chi connectivity index (χ1v) is 11.3. The van der Waals surface area contributed by atoms with Gasteiger partial charge in [-0.15, -0.1) is 10.2 Å². The van der Waals surface area contributed by atoms with Crippen LogP contribution in [0.15, 0.2) is 29.4 Å². The Kier molecular flexibility index (Phi) is 7.87. The lowest BCUT2D eigenvalue weighted by atomic mass is 10.2. The minimum atomic E-state index is 0.215. The highest BCUT2D eigenvalue weighted by atomic mass is 35.5. The zero-order chi connectivity index (χ0) is 21.5. The smallest absolute Gasteiger partial charge is 0.229 e. The van der Waals surface area contributed by atoms with Crippen molar-refractivity contribution in [1.82, 2.24) is 29.7 Å². The number of unbranched alkanes of at least 4 members (excludes halogenated alkanes) is 3. The van der Waals surface area contributed by atoms with Gasteiger partial charge >= 0.3 is 0 Å². The molecule has 0 atom stereocenters. The van der Waals surface area contributed by atoms with Crippen LogP contribution in [-0.4, -0.2) is 43.8 Å². The van der Waals surface area contributed by atoms with Crippen LogP contribution < -0.4 is 10.6 Å². The molecule has 160 valence electrons. The van der Waals surface area contributed by atoms with Crippen molar-refractivity contribution in [2.45, 2.75) is 50.1 Å². The Bertz CT molecular complexity index is 958. The van der Waals surface area contributed by atoms with Crippen LogP contribution in [0.25, 0.3) is 11.4 Å². The third-order valence-electron chi connectivity index (χ3n) is 4.47. The van der Waals surface area contributed by atoms with E-state index in [1.807, 2.05) is 38.4 Å². The van der Waals surface area contributed by atoms with Gasteiger partial charge < -0.3 is 15.2 Å². The average molecular weight is 447 g/mol. The van der Waals surface area contributed by atoms with Gasteiger partial charge in [-0.1, -0.05) is 49.5 Å². The third kappa shape index (κ3) is 5.82. The van der Waals surface area contributed by atoms with Gasteiger partial charge in [-0.2, -0.15) is 15.0 Å². The van der Waals surface area contributed by atoms with Gasteiger partial charge in [-0.05, 0) is 30.7 Å². The van der Waals surface area contributed by atoms with Crippen LogP contribution in [0, 0.1) is 0 Å². The van der Waals surface area contributed by atoms with E-state index in [2.05, 4.69) is 36.6 Å². The topological polar surface area (TPSA) is 98.6 Å². The molecule has 30 heavy (non-hydrogen) atoms. The maximum absolute atomic E-state index is 6.05. The fourth-order valence-electron chi connectivity index (χ4n) is 2.93. The van der Waals surface area contributed by atoms with Crippen LogP contribution in [0.2, 0.25) is 5.02 Å². The van der Waals surface area contributed by atoms with Crippen molar-refractivity contribution in [3.8, 4) is 11.4 Å². The van der Waals surface area contributed by atoms with Crippen molar-refractivity contribution >= 4 is 35.3 Å². The van der Waals surface area contributed by atoms with Gasteiger partial charge in [0.25, 0.3) is 0 Å². The third-order valence-corrected chi connectivity index (χ3v) is 5.69. The largest absolute Gasteiger partial charge is 0.368 e. The lowest BCUT2D eigenvalue weighted by molar-refractivity contribution is 0.556. The van der Waals surface area contributed by atoms with E-state index >= 15 is 0 Å². The molecule has 0 radical (unpaired) electrons. The first kappa shape index (κ1) is 22.3. The van der Waals surface area contributed by atoms with E-state index in [1.165, 1.54) is 19.3 Å². The van der Waals surface area contributed by atoms with Crippen LogP contribution >= 0.6 is 23.4 Å². The number of nitrogens with zero attached hydrogens (tertiary/aromatic N) is 7. The summed E-state index contributed by atoms with van der Waals surface area (Å²) >= 11 is 7.60. The lowest BCUT2D eigenvalue weighted by Gasteiger charge is -2.12. The minimum Gasteiger partial charge on any atom is -0.368 e. The second-order valence-electron chi connectivity index (χ2n) is 7.12. The number of benzene rings is 1. The van der Waals surface area contributed by atoms with Crippen molar-refractivity contribution in [1.29, 1.82) is 0 Å². The van der Waals surface area contributed by atoms with Gasteiger partial charge in [-0.25, -0.2) is 0 Å². The zero-order valence-electron chi connectivity index (χ0n) is 17.5. The van der Waals surface area contributed by atoms with E-state index in [0.717, 1.165) is 29.5 Å². The number of thioether (sulfide) groups is 1. The number of hydrogen-bond donors (Lipinski definition) is 1. The molecule has 0 aliphatic heterocycles. The van der Waals surface area contributed by atoms with E-state index in [4.69, 9.17) is 17.3 Å². The molecule has 0 fully saturated rings. The predicted octanol–water partition coefficient (Wildman–Crippen LogP) is 4.30. The molecular formula is C20H27ClN8S. The molecule has 0 aliphatic carbocycles. The van der Waals surface area contributed by atoms with Crippen LogP contribution in [0.4, 0.5) is 11.9 Å². The Morgan fingerprint density at radius 1 is 1.03 bits per heavy atom. The van der Waals surface area contributed by atoms with Crippen molar-refractivity contribution < 1.29 is 0 Å².